The molecule has 0 N–H and O–H groups in total. The van der Waals surface area contributed by atoms with Gasteiger partial charge in [-0.15, -0.1) is 0 Å². The van der Waals surface area contributed by atoms with E-state index in [1.54, 1.807) is 18.3 Å². The molecule has 0 aliphatic heterocycles. The third-order valence-electron chi connectivity index (χ3n) is 2.41. The van der Waals surface area contributed by atoms with Crippen molar-refractivity contribution in [3.05, 3.63) is 53.2 Å². The van der Waals surface area contributed by atoms with E-state index in [0.717, 1.165) is 17.9 Å². The van der Waals surface area contributed by atoms with Gasteiger partial charge in [0.05, 0.1) is 0 Å². The number of furan rings is 1. The highest BCUT2D eigenvalue weighted by Crippen LogP contribution is 2.13. The second-order valence-electron chi connectivity index (χ2n) is 3.64. The highest BCUT2D eigenvalue weighted by atomic mass is 16.3. The molecule has 0 saturated carbocycles. The molecule has 0 fully saturated rings. The minimum Gasteiger partial charge on any atom is -0.458 e. The zero-order valence-corrected chi connectivity index (χ0v) is 9.36. The number of aryl methyl sites for hydroxylation is 2. The van der Waals surface area contributed by atoms with E-state index >= 15 is 0 Å². The average molecular weight is 215 g/mol. The first-order valence-electron chi connectivity index (χ1n) is 5.26. The predicted octanol–water partition coefficient (Wildman–Crippen LogP) is 2.78. The first-order valence-corrected chi connectivity index (χ1v) is 5.26. The predicted molar refractivity (Wildman–Crippen MR) is 60.5 cm³/mol. The number of ketones is 1. The zero-order chi connectivity index (χ0) is 11.5. The number of carbonyl (C=O) groups excluding carboxylic acids is 1. The average Bonchev–Trinajstić information content (AvgIpc) is 2.77. The van der Waals surface area contributed by atoms with Gasteiger partial charge >= 0.3 is 0 Å². The lowest BCUT2D eigenvalue weighted by molar-refractivity contribution is 0.101. The summed E-state index contributed by atoms with van der Waals surface area (Å²) in [6.45, 7) is 3.87. The van der Waals surface area contributed by atoms with Crippen molar-refractivity contribution in [1.29, 1.82) is 0 Å². The zero-order valence-electron chi connectivity index (χ0n) is 9.36. The van der Waals surface area contributed by atoms with E-state index in [1.165, 1.54) is 0 Å². The van der Waals surface area contributed by atoms with Gasteiger partial charge in [-0.1, -0.05) is 6.92 Å². The van der Waals surface area contributed by atoms with E-state index in [-0.39, 0.29) is 5.78 Å². The van der Waals surface area contributed by atoms with Gasteiger partial charge < -0.3 is 4.42 Å². The highest BCUT2D eigenvalue weighted by molar-refractivity contribution is 6.06. The Morgan fingerprint density at radius 3 is 2.69 bits per heavy atom. The Bertz CT molecular complexity index is 497. The molecule has 2 aromatic rings. The van der Waals surface area contributed by atoms with E-state index < -0.39 is 0 Å². The maximum absolute atomic E-state index is 12.0. The second-order valence-corrected chi connectivity index (χ2v) is 3.64. The molecule has 82 valence electrons. The van der Waals surface area contributed by atoms with Gasteiger partial charge in [-0.05, 0) is 31.2 Å². The number of carbonyl (C=O) groups is 1. The molecule has 16 heavy (non-hydrogen) atoms. The van der Waals surface area contributed by atoms with Gasteiger partial charge in [0, 0.05) is 23.9 Å². The van der Waals surface area contributed by atoms with Crippen molar-refractivity contribution < 1.29 is 9.21 Å². The summed E-state index contributed by atoms with van der Waals surface area (Å²) in [4.78, 5) is 16.0. The number of nitrogens with zero attached hydrogens (tertiary/aromatic N) is 1. The minimum atomic E-state index is -0.118. The number of rotatable bonds is 3. The molecule has 0 saturated heterocycles. The van der Waals surface area contributed by atoms with Crippen molar-refractivity contribution in [2.75, 3.05) is 0 Å². The lowest BCUT2D eigenvalue weighted by Gasteiger charge is -1.97. The molecule has 0 spiro atoms. The van der Waals surface area contributed by atoms with Crippen LogP contribution in [0.2, 0.25) is 0 Å². The van der Waals surface area contributed by atoms with Gasteiger partial charge in [-0.2, -0.15) is 0 Å². The van der Waals surface area contributed by atoms with Crippen molar-refractivity contribution >= 4 is 5.78 Å². The molecule has 0 aliphatic carbocycles. The molecule has 0 aliphatic rings. The van der Waals surface area contributed by atoms with Crippen LogP contribution >= 0.6 is 0 Å². The summed E-state index contributed by atoms with van der Waals surface area (Å²) in [6, 6.07) is 7.12. The van der Waals surface area contributed by atoms with Crippen LogP contribution in [-0.2, 0) is 6.42 Å². The van der Waals surface area contributed by atoms with Crippen LogP contribution in [0.4, 0.5) is 0 Å². The summed E-state index contributed by atoms with van der Waals surface area (Å²) in [7, 11) is 0. The topological polar surface area (TPSA) is 43.1 Å². The molecule has 0 bridgehead atoms. The highest BCUT2D eigenvalue weighted by Gasteiger charge is 2.13. The quantitative estimate of drug-likeness (QED) is 0.739. The number of hydrogen-bond acceptors (Lipinski definition) is 3. The summed E-state index contributed by atoms with van der Waals surface area (Å²) < 4.78 is 5.40. The summed E-state index contributed by atoms with van der Waals surface area (Å²) in [5.41, 5.74) is 1.45. The molecule has 2 aromatic heterocycles. The van der Waals surface area contributed by atoms with Crippen LogP contribution in [0.15, 0.2) is 34.9 Å². The van der Waals surface area contributed by atoms with Crippen LogP contribution in [0.25, 0.3) is 0 Å². The Labute approximate surface area is 94.1 Å². The van der Waals surface area contributed by atoms with E-state index in [2.05, 4.69) is 4.98 Å². The normalized spacial score (nSPS) is 10.4. The Balaban J connectivity index is 2.28. The summed E-state index contributed by atoms with van der Waals surface area (Å²) in [6.07, 6.45) is 2.37. The van der Waals surface area contributed by atoms with Gasteiger partial charge in [-0.3, -0.25) is 9.78 Å². The van der Waals surface area contributed by atoms with E-state index in [0.29, 0.717) is 11.3 Å². The largest absolute Gasteiger partial charge is 0.458 e. The molecule has 3 heteroatoms. The van der Waals surface area contributed by atoms with Gasteiger partial charge in [-0.25, -0.2) is 0 Å². The van der Waals surface area contributed by atoms with Crippen LogP contribution in [0.3, 0.4) is 0 Å². The van der Waals surface area contributed by atoms with E-state index in [9.17, 15) is 4.79 Å². The fourth-order valence-electron chi connectivity index (χ4n) is 1.43. The van der Waals surface area contributed by atoms with Gasteiger partial charge in [0.15, 0.2) is 5.76 Å². The summed E-state index contributed by atoms with van der Waals surface area (Å²) in [5, 5.41) is 0. The Hall–Kier alpha value is -1.90. The molecule has 0 radical (unpaired) electrons. The Morgan fingerprint density at radius 2 is 2.12 bits per heavy atom. The van der Waals surface area contributed by atoms with Crippen molar-refractivity contribution in [2.45, 2.75) is 20.3 Å². The van der Waals surface area contributed by atoms with Crippen molar-refractivity contribution in [2.24, 2.45) is 0 Å². The Morgan fingerprint density at radius 1 is 1.31 bits per heavy atom. The van der Waals surface area contributed by atoms with Crippen LogP contribution in [0.1, 0.15) is 34.5 Å². The monoisotopic (exact) mass is 215 g/mol. The molecule has 3 nitrogen and oxygen atoms in total. The SMILES string of the molecule is CCc1ccc(C(=O)c2ccc(C)nc2)o1. The number of hydrogen-bond donors (Lipinski definition) is 0. The van der Waals surface area contributed by atoms with Crippen molar-refractivity contribution in [1.82, 2.24) is 4.98 Å². The summed E-state index contributed by atoms with van der Waals surface area (Å²) in [5.74, 6) is 1.08. The lowest BCUT2D eigenvalue weighted by atomic mass is 10.1. The maximum atomic E-state index is 12.0. The molecule has 0 unspecified atom stereocenters. The Kier molecular flexibility index (Phi) is 2.86. The maximum Gasteiger partial charge on any atom is 0.229 e. The van der Waals surface area contributed by atoms with Crippen LogP contribution < -0.4 is 0 Å². The van der Waals surface area contributed by atoms with Gasteiger partial charge in [0.25, 0.3) is 0 Å². The van der Waals surface area contributed by atoms with Crippen LogP contribution in [-0.4, -0.2) is 10.8 Å². The molecular weight excluding hydrogens is 202 g/mol. The van der Waals surface area contributed by atoms with Gasteiger partial charge in [0.2, 0.25) is 5.78 Å². The van der Waals surface area contributed by atoms with Crippen molar-refractivity contribution in [3.8, 4) is 0 Å². The number of pyridine rings is 1. The second kappa shape index (κ2) is 4.31. The van der Waals surface area contributed by atoms with Crippen LogP contribution in [0.5, 0.6) is 0 Å². The molecule has 0 amide bonds. The van der Waals surface area contributed by atoms with E-state index in [1.807, 2.05) is 26.0 Å². The molecule has 2 heterocycles. The standard InChI is InChI=1S/C13H13NO2/c1-3-11-6-7-12(16-11)13(15)10-5-4-9(2)14-8-10/h4-8H,3H2,1-2H3. The lowest BCUT2D eigenvalue weighted by Crippen LogP contribution is -2.00. The van der Waals surface area contributed by atoms with Gasteiger partial charge in [0.1, 0.15) is 5.76 Å². The first kappa shape index (κ1) is 10.6. The first-order chi connectivity index (χ1) is 7.70. The third-order valence-corrected chi connectivity index (χ3v) is 2.41. The number of aromatic nitrogens is 1. The molecular formula is C13H13NO2. The minimum absolute atomic E-state index is 0.118. The fraction of sp³-hybridized carbons (Fsp3) is 0.231. The smallest absolute Gasteiger partial charge is 0.229 e. The molecule has 2 rings (SSSR count). The molecule has 0 atom stereocenters. The van der Waals surface area contributed by atoms with E-state index in [4.69, 9.17) is 4.42 Å². The third kappa shape index (κ3) is 2.03. The summed E-state index contributed by atoms with van der Waals surface area (Å²) >= 11 is 0. The molecule has 0 aromatic carbocycles. The van der Waals surface area contributed by atoms with Crippen LogP contribution in [0, 0.1) is 6.92 Å². The fourth-order valence-corrected chi connectivity index (χ4v) is 1.43. The van der Waals surface area contributed by atoms with Crippen molar-refractivity contribution in [3.63, 3.8) is 0 Å².